The predicted octanol–water partition coefficient (Wildman–Crippen LogP) is 3.45. The van der Waals surface area contributed by atoms with E-state index in [1.165, 1.54) is 6.07 Å². The first-order valence-electron chi connectivity index (χ1n) is 4.78. The lowest BCUT2D eigenvalue weighted by Crippen LogP contribution is -2.13. The number of halogens is 1. The number of nitro benzene ring substituents is 2. The molecule has 0 amide bonds. The Morgan fingerprint density at radius 3 is 2.00 bits per heavy atom. The van der Waals surface area contributed by atoms with E-state index in [-0.39, 0.29) is 5.02 Å². The molecule has 6 nitrogen and oxygen atoms in total. The minimum absolute atomic E-state index is 0.170. The summed E-state index contributed by atoms with van der Waals surface area (Å²) in [5.41, 5.74) is -1.15. The first kappa shape index (κ1) is 13.4. The van der Waals surface area contributed by atoms with E-state index in [9.17, 15) is 20.2 Å². The maximum absolute atomic E-state index is 10.8. The number of hydrogen-bond donors (Lipinski definition) is 0. The highest BCUT2D eigenvalue weighted by Gasteiger charge is 2.32. The van der Waals surface area contributed by atoms with Crippen molar-refractivity contribution in [2.75, 3.05) is 0 Å². The highest BCUT2D eigenvalue weighted by molar-refractivity contribution is 6.34. The van der Waals surface area contributed by atoms with Gasteiger partial charge in [-0.2, -0.15) is 0 Å². The van der Waals surface area contributed by atoms with Crippen molar-refractivity contribution in [1.82, 2.24) is 0 Å². The summed E-state index contributed by atoms with van der Waals surface area (Å²) in [4.78, 5) is 19.9. The van der Waals surface area contributed by atoms with E-state index in [0.29, 0.717) is 5.56 Å². The molecular weight excluding hydrogens is 248 g/mol. The van der Waals surface area contributed by atoms with Crippen molar-refractivity contribution in [3.8, 4) is 0 Å². The molecule has 0 radical (unpaired) electrons. The summed E-state index contributed by atoms with van der Waals surface area (Å²) in [6.45, 7) is 5.47. The summed E-state index contributed by atoms with van der Waals surface area (Å²) >= 11 is 5.89. The molecule has 1 aromatic carbocycles. The third-order valence-electron chi connectivity index (χ3n) is 2.28. The Labute approximate surface area is 103 Å². The Balaban J connectivity index is 3.61. The zero-order valence-corrected chi connectivity index (χ0v) is 10.3. The SMILES string of the molecule is CC(C)(C)c1ccc([N+](=O)[O-])c([N+](=O)[O-])c1Cl. The Hall–Kier alpha value is -1.69. The predicted molar refractivity (Wildman–Crippen MR) is 63.5 cm³/mol. The Morgan fingerprint density at radius 2 is 1.65 bits per heavy atom. The highest BCUT2D eigenvalue weighted by Crippen LogP contribution is 2.41. The average molecular weight is 259 g/mol. The second-order valence-corrected chi connectivity index (χ2v) is 4.94. The van der Waals surface area contributed by atoms with Crippen molar-refractivity contribution in [3.63, 3.8) is 0 Å². The molecule has 1 rings (SSSR count). The van der Waals surface area contributed by atoms with E-state index in [4.69, 9.17) is 11.6 Å². The van der Waals surface area contributed by atoms with Crippen molar-refractivity contribution in [3.05, 3.63) is 42.9 Å². The normalized spacial score (nSPS) is 11.3. The van der Waals surface area contributed by atoms with Gasteiger partial charge in [0.15, 0.2) is 0 Å². The smallest absolute Gasteiger partial charge is 0.258 e. The number of benzene rings is 1. The van der Waals surface area contributed by atoms with Crippen LogP contribution in [0.4, 0.5) is 11.4 Å². The van der Waals surface area contributed by atoms with Crippen molar-refractivity contribution >= 4 is 23.0 Å². The molecule has 0 saturated heterocycles. The quantitative estimate of drug-likeness (QED) is 0.600. The van der Waals surface area contributed by atoms with Crippen LogP contribution >= 0.6 is 11.6 Å². The fourth-order valence-electron chi connectivity index (χ4n) is 1.45. The van der Waals surface area contributed by atoms with Gasteiger partial charge in [0.05, 0.1) is 9.85 Å². The molecule has 0 spiro atoms. The maximum atomic E-state index is 10.8. The third kappa shape index (κ3) is 2.52. The summed E-state index contributed by atoms with van der Waals surface area (Å²) in [6.07, 6.45) is 0. The van der Waals surface area contributed by atoms with Crippen molar-refractivity contribution < 1.29 is 9.85 Å². The van der Waals surface area contributed by atoms with Crippen LogP contribution in [0.1, 0.15) is 26.3 Å². The van der Waals surface area contributed by atoms with Crippen LogP contribution in [0.15, 0.2) is 12.1 Å². The first-order valence-corrected chi connectivity index (χ1v) is 5.16. The molecular formula is C10H11ClN2O4. The number of rotatable bonds is 2. The number of hydrogen-bond acceptors (Lipinski definition) is 4. The van der Waals surface area contributed by atoms with Crippen molar-refractivity contribution in [1.29, 1.82) is 0 Å². The van der Waals surface area contributed by atoms with Gasteiger partial charge in [0.1, 0.15) is 5.02 Å². The monoisotopic (exact) mass is 258 g/mol. The van der Waals surface area contributed by atoms with Gasteiger partial charge in [-0.1, -0.05) is 32.4 Å². The minimum atomic E-state index is -0.824. The average Bonchev–Trinajstić information content (AvgIpc) is 2.13. The Bertz CT molecular complexity index is 494. The van der Waals surface area contributed by atoms with Gasteiger partial charge < -0.3 is 0 Å². The maximum Gasteiger partial charge on any atom is 0.364 e. The van der Waals surface area contributed by atoms with Gasteiger partial charge in [-0.05, 0) is 17.0 Å². The molecule has 0 N–H and O–H groups in total. The molecule has 92 valence electrons. The first-order chi connectivity index (χ1) is 7.66. The zero-order chi connectivity index (χ0) is 13.4. The Morgan fingerprint density at radius 1 is 1.12 bits per heavy atom. The molecule has 7 heteroatoms. The molecule has 0 aliphatic carbocycles. The molecule has 0 bridgehead atoms. The van der Waals surface area contributed by atoms with Crippen LogP contribution in [0.5, 0.6) is 0 Å². The highest BCUT2D eigenvalue weighted by atomic mass is 35.5. The van der Waals surface area contributed by atoms with Crippen LogP contribution in [0.2, 0.25) is 5.02 Å². The van der Waals surface area contributed by atoms with Gasteiger partial charge in [0.25, 0.3) is 0 Å². The van der Waals surface area contributed by atoms with Gasteiger partial charge in [-0.15, -0.1) is 0 Å². The van der Waals surface area contributed by atoms with E-state index >= 15 is 0 Å². The second kappa shape index (κ2) is 4.29. The second-order valence-electron chi connectivity index (χ2n) is 4.56. The van der Waals surface area contributed by atoms with Gasteiger partial charge in [-0.25, -0.2) is 0 Å². The zero-order valence-electron chi connectivity index (χ0n) is 9.56. The Kier molecular flexibility index (Phi) is 3.38. The molecule has 1 aromatic rings. The van der Waals surface area contributed by atoms with Crippen LogP contribution in [0, 0.1) is 20.2 Å². The molecule has 0 saturated carbocycles. The summed E-state index contributed by atoms with van der Waals surface area (Å²) in [7, 11) is 0. The van der Waals surface area contributed by atoms with Gasteiger partial charge in [-0.3, -0.25) is 20.2 Å². The van der Waals surface area contributed by atoms with E-state index in [1.54, 1.807) is 0 Å². The van der Waals surface area contributed by atoms with Gasteiger partial charge in [0.2, 0.25) is 0 Å². The van der Waals surface area contributed by atoms with E-state index in [0.717, 1.165) is 6.07 Å². The van der Waals surface area contributed by atoms with Crippen LogP contribution in [0.25, 0.3) is 0 Å². The molecule has 0 heterocycles. The van der Waals surface area contributed by atoms with Crippen LogP contribution < -0.4 is 0 Å². The van der Waals surface area contributed by atoms with Crippen molar-refractivity contribution in [2.45, 2.75) is 26.2 Å². The summed E-state index contributed by atoms with van der Waals surface area (Å²) in [6, 6.07) is 2.57. The standard InChI is InChI=1S/C10H11ClN2O4/c1-10(2,3)6-4-5-7(12(14)15)9(8(6)11)13(16)17/h4-5H,1-3H3. The van der Waals surface area contributed by atoms with Crippen LogP contribution in [-0.4, -0.2) is 9.85 Å². The molecule has 0 aromatic heterocycles. The third-order valence-corrected chi connectivity index (χ3v) is 2.66. The number of nitrogens with zero attached hydrogens (tertiary/aromatic N) is 2. The van der Waals surface area contributed by atoms with E-state index in [2.05, 4.69) is 0 Å². The van der Waals surface area contributed by atoms with Gasteiger partial charge >= 0.3 is 11.4 Å². The molecule has 0 aliphatic heterocycles. The molecule has 17 heavy (non-hydrogen) atoms. The van der Waals surface area contributed by atoms with E-state index < -0.39 is 26.6 Å². The summed E-state index contributed by atoms with van der Waals surface area (Å²) in [5.74, 6) is 0. The molecule has 0 fully saturated rings. The lowest BCUT2D eigenvalue weighted by Gasteiger charge is -2.19. The lowest BCUT2D eigenvalue weighted by molar-refractivity contribution is -0.422. The molecule has 0 unspecified atom stereocenters. The topological polar surface area (TPSA) is 86.3 Å². The molecule has 0 atom stereocenters. The van der Waals surface area contributed by atoms with Crippen LogP contribution in [0.3, 0.4) is 0 Å². The largest absolute Gasteiger partial charge is 0.364 e. The van der Waals surface area contributed by atoms with Crippen LogP contribution in [-0.2, 0) is 5.41 Å². The summed E-state index contributed by atoms with van der Waals surface area (Å²) in [5, 5.41) is 21.4. The lowest BCUT2D eigenvalue weighted by atomic mass is 9.86. The van der Waals surface area contributed by atoms with E-state index in [1.807, 2.05) is 20.8 Å². The molecule has 0 aliphatic rings. The summed E-state index contributed by atoms with van der Waals surface area (Å²) < 4.78 is 0. The number of nitro groups is 2. The van der Waals surface area contributed by atoms with Gasteiger partial charge in [0, 0.05) is 6.07 Å². The fourth-order valence-corrected chi connectivity index (χ4v) is 1.97. The fraction of sp³-hybridized carbons (Fsp3) is 0.400. The minimum Gasteiger partial charge on any atom is -0.258 e. The van der Waals surface area contributed by atoms with Crippen molar-refractivity contribution in [2.24, 2.45) is 0 Å².